The molecule has 0 heterocycles. The normalized spacial score (nSPS) is 41.2. The van der Waals surface area contributed by atoms with Gasteiger partial charge < -0.3 is 20.1 Å². The molecule has 228 valence electrons. The van der Waals surface area contributed by atoms with Crippen LogP contribution in [0.4, 0.5) is 0 Å². The van der Waals surface area contributed by atoms with E-state index >= 15 is 0 Å². The highest BCUT2D eigenvalue weighted by atomic mass is 16.5. The quantitative estimate of drug-likeness (QED) is 0.386. The van der Waals surface area contributed by atoms with Crippen molar-refractivity contribution >= 4 is 29.3 Å². The van der Waals surface area contributed by atoms with Crippen LogP contribution in [0.2, 0.25) is 0 Å². The fourth-order valence-electron chi connectivity index (χ4n) is 9.61. The van der Waals surface area contributed by atoms with Crippen molar-refractivity contribution in [3.63, 3.8) is 0 Å². The molecule has 2 fully saturated rings. The van der Waals surface area contributed by atoms with E-state index in [-0.39, 0.29) is 43.2 Å². The Morgan fingerprint density at radius 2 is 1.61 bits per heavy atom. The average molecular weight is 575 g/mol. The van der Waals surface area contributed by atoms with Crippen molar-refractivity contribution in [2.75, 3.05) is 0 Å². The molecule has 0 aromatic carbocycles. The van der Waals surface area contributed by atoms with E-state index in [2.05, 4.69) is 0 Å². The Hall–Kier alpha value is -2.39. The molecule has 9 heteroatoms. The largest absolute Gasteiger partial charge is 0.481 e. The van der Waals surface area contributed by atoms with Crippen molar-refractivity contribution in [1.82, 2.24) is 0 Å². The van der Waals surface area contributed by atoms with Crippen LogP contribution >= 0.6 is 0 Å². The average Bonchev–Trinajstić information content (AvgIpc) is 3.05. The fraction of sp³-hybridized carbons (Fsp3) is 0.781. The fourth-order valence-corrected chi connectivity index (χ4v) is 9.61. The first-order valence-corrected chi connectivity index (χ1v) is 14.9. The van der Waals surface area contributed by atoms with Gasteiger partial charge in [-0.25, -0.2) is 0 Å². The molecule has 0 aromatic rings. The van der Waals surface area contributed by atoms with Crippen molar-refractivity contribution in [2.45, 2.75) is 112 Å². The van der Waals surface area contributed by atoms with E-state index in [1.807, 2.05) is 27.7 Å². The van der Waals surface area contributed by atoms with Gasteiger partial charge in [0.05, 0.1) is 18.1 Å². The molecule has 0 aliphatic heterocycles. The second-order valence-corrected chi connectivity index (χ2v) is 14.7. The molecule has 41 heavy (non-hydrogen) atoms. The van der Waals surface area contributed by atoms with Crippen molar-refractivity contribution in [3.8, 4) is 0 Å². The van der Waals surface area contributed by atoms with Crippen LogP contribution in [0.15, 0.2) is 11.1 Å². The van der Waals surface area contributed by atoms with E-state index in [9.17, 15) is 39.3 Å². The predicted molar refractivity (Wildman–Crippen MR) is 148 cm³/mol. The number of hydrogen-bond donors (Lipinski definition) is 3. The number of aliphatic carboxylic acids is 1. The third-order valence-corrected chi connectivity index (χ3v) is 11.8. The number of rotatable bonds is 7. The number of carbonyl (C=O) groups excluding carboxylic acids is 4. The van der Waals surface area contributed by atoms with Gasteiger partial charge in [-0.3, -0.25) is 24.0 Å². The predicted octanol–water partition coefficient (Wildman–Crippen LogP) is 3.67. The van der Waals surface area contributed by atoms with E-state index in [1.165, 1.54) is 13.8 Å². The second-order valence-electron chi connectivity index (χ2n) is 14.7. The van der Waals surface area contributed by atoms with Gasteiger partial charge in [0, 0.05) is 53.6 Å². The number of hydrogen-bond acceptors (Lipinski definition) is 8. The number of aliphatic hydroxyl groups is 2. The molecule has 0 amide bonds. The Labute approximate surface area is 242 Å². The maximum atomic E-state index is 14.6. The van der Waals surface area contributed by atoms with Gasteiger partial charge >= 0.3 is 11.9 Å². The number of carboxylic acid groups (broad SMARTS) is 1. The van der Waals surface area contributed by atoms with Crippen LogP contribution in [0, 0.1) is 45.3 Å². The molecular formula is C32H46O9. The van der Waals surface area contributed by atoms with Gasteiger partial charge in [-0.15, -0.1) is 0 Å². The number of Topliss-reactive ketones (excluding diaryl/α,β-unsaturated/α-hetero) is 3. The van der Waals surface area contributed by atoms with Crippen LogP contribution in [0.3, 0.4) is 0 Å². The topological polar surface area (TPSA) is 155 Å². The monoisotopic (exact) mass is 574 g/mol. The highest BCUT2D eigenvalue weighted by Crippen LogP contribution is 2.71. The third-order valence-electron chi connectivity index (χ3n) is 11.8. The molecule has 4 aliphatic carbocycles. The summed E-state index contributed by atoms with van der Waals surface area (Å²) in [6.07, 6.45) is -1.79. The number of carboxylic acids is 1. The molecule has 2 saturated carbocycles. The number of carbonyl (C=O) groups is 5. The zero-order chi connectivity index (χ0) is 31.0. The summed E-state index contributed by atoms with van der Waals surface area (Å²) in [6.45, 7) is 14.0. The van der Waals surface area contributed by atoms with Crippen LogP contribution in [0.5, 0.6) is 0 Å². The lowest BCUT2D eigenvalue weighted by molar-refractivity contribution is -0.176. The molecule has 0 spiro atoms. The minimum absolute atomic E-state index is 0.0162. The molecule has 0 bridgehead atoms. The smallest absolute Gasteiger partial charge is 0.306 e. The molecule has 10 atom stereocenters. The summed E-state index contributed by atoms with van der Waals surface area (Å²) >= 11 is 0. The third kappa shape index (κ3) is 4.44. The highest BCUT2D eigenvalue weighted by molar-refractivity contribution is 6.13. The van der Waals surface area contributed by atoms with Gasteiger partial charge in [0.25, 0.3) is 0 Å². The van der Waals surface area contributed by atoms with Gasteiger partial charge in [0.15, 0.2) is 11.9 Å². The van der Waals surface area contributed by atoms with Crippen molar-refractivity contribution < 1.29 is 44.0 Å². The lowest BCUT2D eigenvalue weighted by Gasteiger charge is -2.61. The maximum absolute atomic E-state index is 14.6. The van der Waals surface area contributed by atoms with Crippen molar-refractivity contribution in [1.29, 1.82) is 0 Å². The maximum Gasteiger partial charge on any atom is 0.306 e. The number of ether oxygens (including phenoxy) is 1. The molecule has 3 N–H and O–H groups in total. The van der Waals surface area contributed by atoms with Gasteiger partial charge in [0.1, 0.15) is 5.78 Å². The highest BCUT2D eigenvalue weighted by Gasteiger charge is 2.73. The summed E-state index contributed by atoms with van der Waals surface area (Å²) in [7, 11) is 0. The molecule has 10 unspecified atom stereocenters. The number of ketones is 3. The van der Waals surface area contributed by atoms with E-state index in [4.69, 9.17) is 4.74 Å². The Bertz CT molecular complexity index is 1220. The molecule has 0 saturated heterocycles. The van der Waals surface area contributed by atoms with Crippen LogP contribution in [0.25, 0.3) is 0 Å². The molecule has 0 radical (unpaired) electrons. The number of fused-ring (bicyclic) bond motifs is 4. The van der Waals surface area contributed by atoms with Gasteiger partial charge in [-0.1, -0.05) is 48.5 Å². The Kier molecular flexibility index (Phi) is 7.78. The summed E-state index contributed by atoms with van der Waals surface area (Å²) in [6, 6.07) is 0. The van der Waals surface area contributed by atoms with E-state index in [0.717, 1.165) is 0 Å². The van der Waals surface area contributed by atoms with Crippen LogP contribution in [-0.2, 0) is 28.7 Å². The first-order chi connectivity index (χ1) is 18.7. The Morgan fingerprint density at radius 3 is 2.17 bits per heavy atom. The van der Waals surface area contributed by atoms with Crippen molar-refractivity contribution in [2.24, 2.45) is 45.3 Å². The standard InChI is InChI=1S/C32H46O9/c1-15(11-18(34)12-16(2)28(39)40)23-20(36)14-31(7)24-19(35)13-21-29(4,5)22(37)9-10-30(21,6)25(24)26(38)27(32(23,31)8)41-17(3)33/h15-16,20-23,27,36-37H,9-14H2,1-8H3,(H,39,40). The summed E-state index contributed by atoms with van der Waals surface area (Å²) < 4.78 is 5.84. The first-order valence-electron chi connectivity index (χ1n) is 14.9. The summed E-state index contributed by atoms with van der Waals surface area (Å²) in [5.74, 6) is -4.91. The molecule has 9 nitrogen and oxygen atoms in total. The lowest BCUT2D eigenvalue weighted by atomic mass is 9.42. The summed E-state index contributed by atoms with van der Waals surface area (Å²) in [5, 5.41) is 31.7. The van der Waals surface area contributed by atoms with E-state index in [1.54, 1.807) is 13.8 Å². The first kappa shape index (κ1) is 31.5. The van der Waals surface area contributed by atoms with E-state index < -0.39 is 75.4 Å². The Balaban J connectivity index is 1.87. The van der Waals surface area contributed by atoms with Crippen LogP contribution in [0.1, 0.15) is 93.9 Å². The van der Waals surface area contributed by atoms with Gasteiger partial charge in [0.2, 0.25) is 5.78 Å². The number of esters is 1. The number of aliphatic hydroxyl groups excluding tert-OH is 2. The van der Waals surface area contributed by atoms with E-state index in [0.29, 0.717) is 24.0 Å². The van der Waals surface area contributed by atoms with Gasteiger partial charge in [-0.05, 0) is 42.4 Å². The van der Waals surface area contributed by atoms with Crippen LogP contribution < -0.4 is 0 Å². The molecular weight excluding hydrogens is 528 g/mol. The minimum atomic E-state index is -1.28. The SMILES string of the molecule is CC(=O)OC1C(=O)C2=C(C(=O)CC3C2(C)CCC(O)C3(C)C)C2(C)CC(O)C(C(C)CC(=O)CC(C)C(=O)O)C12C. The summed E-state index contributed by atoms with van der Waals surface area (Å²) in [4.78, 5) is 65.5. The van der Waals surface area contributed by atoms with Crippen LogP contribution in [-0.4, -0.2) is 62.9 Å². The summed E-state index contributed by atoms with van der Waals surface area (Å²) in [5.41, 5.74) is -2.81. The molecule has 0 aromatic heterocycles. The van der Waals surface area contributed by atoms with Gasteiger partial charge in [-0.2, -0.15) is 0 Å². The molecule has 4 rings (SSSR count). The van der Waals surface area contributed by atoms with Crippen molar-refractivity contribution in [3.05, 3.63) is 11.1 Å². The lowest BCUT2D eigenvalue weighted by Crippen LogP contribution is -2.64. The zero-order valence-electron chi connectivity index (χ0n) is 25.6. The second kappa shape index (κ2) is 10.1. The molecule has 4 aliphatic rings. The Morgan fingerprint density at radius 1 is 1.00 bits per heavy atom. The number of allylic oxidation sites excluding steroid dienone is 1. The minimum Gasteiger partial charge on any atom is -0.481 e. The zero-order valence-corrected chi connectivity index (χ0v) is 25.6.